The number of fused-ring (bicyclic) bond motifs is 3. The molecule has 0 aromatic carbocycles. The van der Waals surface area contributed by atoms with Crippen LogP contribution in [-0.2, 0) is 19.1 Å². The SMILES string of the molecule is COC(=O)/C(C)=C1\C(=O)C[C@H]2[C@@]3(C)CCC(=O)C(C)(C)[C@@H]3CC[C@]12C. The summed E-state index contributed by atoms with van der Waals surface area (Å²) in [6.45, 7) is 10.3. The molecule has 0 heterocycles. The maximum atomic E-state index is 12.9. The molecule has 4 heteroatoms. The van der Waals surface area contributed by atoms with Gasteiger partial charge >= 0.3 is 5.97 Å². The van der Waals surface area contributed by atoms with Gasteiger partial charge in [0, 0.05) is 34.8 Å². The maximum absolute atomic E-state index is 12.9. The molecule has 3 fully saturated rings. The van der Waals surface area contributed by atoms with Crippen LogP contribution in [0.1, 0.15) is 66.7 Å². The van der Waals surface area contributed by atoms with Gasteiger partial charge in [-0.05, 0) is 43.4 Å². The topological polar surface area (TPSA) is 60.4 Å². The van der Waals surface area contributed by atoms with Crippen LogP contribution < -0.4 is 0 Å². The van der Waals surface area contributed by atoms with Gasteiger partial charge in [-0.1, -0.05) is 27.7 Å². The molecule has 0 bridgehead atoms. The minimum absolute atomic E-state index is 0.0434. The van der Waals surface area contributed by atoms with Gasteiger partial charge in [-0.2, -0.15) is 0 Å². The molecule has 3 saturated carbocycles. The van der Waals surface area contributed by atoms with Crippen molar-refractivity contribution in [2.45, 2.75) is 66.7 Å². The molecule has 3 rings (SSSR count). The zero-order chi connectivity index (χ0) is 18.8. The number of hydrogen-bond acceptors (Lipinski definition) is 4. The van der Waals surface area contributed by atoms with Crippen molar-refractivity contribution in [3.63, 3.8) is 0 Å². The van der Waals surface area contributed by atoms with Crippen LogP contribution in [-0.4, -0.2) is 24.6 Å². The number of rotatable bonds is 1. The molecule has 138 valence electrons. The largest absolute Gasteiger partial charge is 0.466 e. The number of hydrogen-bond donors (Lipinski definition) is 0. The maximum Gasteiger partial charge on any atom is 0.333 e. The Morgan fingerprint density at radius 3 is 2.32 bits per heavy atom. The first-order valence-corrected chi connectivity index (χ1v) is 9.36. The molecule has 0 radical (unpaired) electrons. The van der Waals surface area contributed by atoms with Gasteiger partial charge in [-0.3, -0.25) is 9.59 Å². The number of ketones is 2. The van der Waals surface area contributed by atoms with Gasteiger partial charge in [0.25, 0.3) is 0 Å². The van der Waals surface area contributed by atoms with Crippen molar-refractivity contribution < 1.29 is 19.1 Å². The molecule has 4 atom stereocenters. The normalized spacial score (nSPS) is 41.8. The van der Waals surface area contributed by atoms with E-state index in [1.807, 2.05) is 0 Å². The van der Waals surface area contributed by atoms with E-state index in [9.17, 15) is 14.4 Å². The van der Waals surface area contributed by atoms with Crippen molar-refractivity contribution in [1.82, 2.24) is 0 Å². The van der Waals surface area contributed by atoms with E-state index < -0.39 is 5.97 Å². The van der Waals surface area contributed by atoms with E-state index in [1.54, 1.807) is 6.92 Å². The smallest absolute Gasteiger partial charge is 0.333 e. The number of methoxy groups -OCH3 is 1. The van der Waals surface area contributed by atoms with Gasteiger partial charge in [0.15, 0.2) is 5.78 Å². The number of allylic oxidation sites excluding steroid dienone is 1. The van der Waals surface area contributed by atoms with Crippen molar-refractivity contribution in [3.05, 3.63) is 11.1 Å². The average molecular weight is 346 g/mol. The average Bonchev–Trinajstić information content (AvgIpc) is 2.82. The Hall–Kier alpha value is -1.45. The summed E-state index contributed by atoms with van der Waals surface area (Å²) >= 11 is 0. The van der Waals surface area contributed by atoms with Crippen LogP contribution in [0.25, 0.3) is 0 Å². The van der Waals surface area contributed by atoms with Gasteiger partial charge < -0.3 is 4.74 Å². The molecule has 0 N–H and O–H groups in total. The predicted octanol–water partition coefficient (Wildman–Crippen LogP) is 3.88. The van der Waals surface area contributed by atoms with E-state index in [0.29, 0.717) is 35.7 Å². The van der Waals surface area contributed by atoms with E-state index in [2.05, 4.69) is 27.7 Å². The molecular weight excluding hydrogens is 316 g/mol. The first-order chi connectivity index (χ1) is 11.5. The second kappa shape index (κ2) is 5.52. The standard InChI is InChI=1S/C21H30O4/c1-12(18(24)25-6)17-13(22)11-15-20(4)10-8-16(23)19(2,3)14(20)7-9-21(15,17)5/h14-15H,7-11H2,1-6H3/b17-12+/t14-,15-,20-,21-/m0/s1. The van der Waals surface area contributed by atoms with Gasteiger partial charge in [-0.15, -0.1) is 0 Å². The third-order valence-corrected chi connectivity index (χ3v) is 7.90. The fourth-order valence-corrected chi connectivity index (χ4v) is 6.61. The van der Waals surface area contributed by atoms with E-state index in [-0.39, 0.29) is 27.9 Å². The van der Waals surface area contributed by atoms with E-state index >= 15 is 0 Å². The van der Waals surface area contributed by atoms with Gasteiger partial charge in [0.2, 0.25) is 0 Å². The fourth-order valence-electron chi connectivity index (χ4n) is 6.61. The van der Waals surface area contributed by atoms with Gasteiger partial charge in [-0.25, -0.2) is 4.79 Å². The summed E-state index contributed by atoms with van der Waals surface area (Å²) in [5.74, 6) is 0.520. The minimum Gasteiger partial charge on any atom is -0.466 e. The zero-order valence-corrected chi connectivity index (χ0v) is 16.3. The van der Waals surface area contributed by atoms with Crippen LogP contribution in [0.4, 0.5) is 0 Å². The molecule has 0 spiro atoms. The Morgan fingerprint density at radius 2 is 1.72 bits per heavy atom. The number of carbonyl (C=O) groups excluding carboxylic acids is 3. The molecule has 0 unspecified atom stereocenters. The van der Waals surface area contributed by atoms with Crippen molar-refractivity contribution in [1.29, 1.82) is 0 Å². The highest BCUT2D eigenvalue weighted by Gasteiger charge is 2.64. The molecule has 0 aromatic rings. The van der Waals surface area contributed by atoms with E-state index in [0.717, 1.165) is 19.3 Å². The van der Waals surface area contributed by atoms with Gasteiger partial charge in [0.1, 0.15) is 5.78 Å². The Kier molecular flexibility index (Phi) is 4.05. The zero-order valence-electron chi connectivity index (χ0n) is 16.3. The fraction of sp³-hybridized carbons (Fsp3) is 0.762. The van der Waals surface area contributed by atoms with Crippen LogP contribution in [0.5, 0.6) is 0 Å². The highest BCUT2D eigenvalue weighted by molar-refractivity contribution is 6.06. The summed E-state index contributed by atoms with van der Waals surface area (Å²) in [4.78, 5) is 37.5. The molecule has 0 saturated heterocycles. The molecule has 3 aliphatic carbocycles. The van der Waals surface area contributed by atoms with Crippen LogP contribution >= 0.6 is 0 Å². The van der Waals surface area contributed by atoms with E-state index in [1.165, 1.54) is 7.11 Å². The van der Waals surface area contributed by atoms with E-state index in [4.69, 9.17) is 4.74 Å². The predicted molar refractivity (Wildman–Crippen MR) is 94.8 cm³/mol. The molecular formula is C21H30O4. The molecule has 3 aliphatic rings. The molecule has 4 nitrogen and oxygen atoms in total. The third-order valence-electron chi connectivity index (χ3n) is 7.90. The summed E-state index contributed by atoms with van der Waals surface area (Å²) in [7, 11) is 1.36. The van der Waals surface area contributed by atoms with Crippen molar-refractivity contribution in [2.24, 2.45) is 28.1 Å². The summed E-state index contributed by atoms with van der Waals surface area (Å²) in [6.07, 6.45) is 3.70. The highest BCUT2D eigenvalue weighted by atomic mass is 16.5. The number of Topliss-reactive ketones (excluding diaryl/α,β-unsaturated/α-hetero) is 2. The Morgan fingerprint density at radius 1 is 1.08 bits per heavy atom. The van der Waals surface area contributed by atoms with Crippen molar-refractivity contribution in [2.75, 3.05) is 7.11 Å². The molecule has 0 amide bonds. The summed E-state index contributed by atoms with van der Waals surface area (Å²) < 4.78 is 4.88. The second-order valence-electron chi connectivity index (χ2n) is 9.33. The van der Waals surface area contributed by atoms with Crippen LogP contribution in [0.15, 0.2) is 11.1 Å². The van der Waals surface area contributed by atoms with Crippen LogP contribution in [0, 0.1) is 28.1 Å². The third kappa shape index (κ3) is 2.29. The van der Waals surface area contributed by atoms with Crippen molar-refractivity contribution in [3.8, 4) is 0 Å². The lowest BCUT2D eigenvalue weighted by Gasteiger charge is -2.60. The first kappa shape index (κ1) is 18.3. The minimum atomic E-state index is -0.406. The molecule has 0 aromatic heterocycles. The lowest BCUT2D eigenvalue weighted by atomic mass is 9.43. The number of esters is 1. The Labute approximate surface area is 150 Å². The molecule has 0 aliphatic heterocycles. The number of carbonyl (C=O) groups is 3. The number of ether oxygens (including phenoxy) is 1. The highest BCUT2D eigenvalue weighted by Crippen LogP contribution is 2.68. The van der Waals surface area contributed by atoms with Gasteiger partial charge in [0.05, 0.1) is 7.11 Å². The van der Waals surface area contributed by atoms with Crippen LogP contribution in [0.2, 0.25) is 0 Å². The lowest BCUT2D eigenvalue weighted by molar-refractivity contribution is -0.154. The quantitative estimate of drug-likeness (QED) is 0.534. The molecule has 25 heavy (non-hydrogen) atoms. The monoisotopic (exact) mass is 346 g/mol. The van der Waals surface area contributed by atoms with Crippen molar-refractivity contribution >= 4 is 17.5 Å². The lowest BCUT2D eigenvalue weighted by Crippen LogP contribution is -2.56. The second-order valence-corrected chi connectivity index (χ2v) is 9.33. The van der Waals surface area contributed by atoms with Crippen LogP contribution in [0.3, 0.4) is 0 Å². The Balaban J connectivity index is 2.10. The summed E-state index contributed by atoms with van der Waals surface area (Å²) in [6, 6.07) is 0. The summed E-state index contributed by atoms with van der Waals surface area (Å²) in [5, 5.41) is 0. The summed E-state index contributed by atoms with van der Waals surface area (Å²) in [5.41, 5.74) is 0.473. The Bertz CT molecular complexity index is 686. The first-order valence-electron chi connectivity index (χ1n) is 9.36.